The molecule has 1 amide bonds. The number of amides is 1. The molecule has 0 aliphatic heterocycles. The van der Waals surface area contributed by atoms with Crippen molar-refractivity contribution in [2.45, 2.75) is 57.7 Å². The van der Waals surface area contributed by atoms with Gasteiger partial charge >= 0.3 is 18.1 Å². The second-order valence-corrected chi connectivity index (χ2v) is 10.6. The van der Waals surface area contributed by atoms with Crippen LogP contribution in [0.15, 0.2) is 30.5 Å². The molecule has 1 aromatic carbocycles. The predicted octanol–water partition coefficient (Wildman–Crippen LogP) is 5.52. The summed E-state index contributed by atoms with van der Waals surface area (Å²) < 4.78 is 62.9. The van der Waals surface area contributed by atoms with E-state index >= 15 is 0 Å². The van der Waals surface area contributed by atoms with Crippen molar-refractivity contribution in [3.05, 3.63) is 47.2 Å². The third-order valence-electron chi connectivity index (χ3n) is 7.37. The molecule has 1 aliphatic carbocycles. The molecular formula is C30H37F3N2O8. The number of carboxylic acid groups (broad SMARTS) is 1. The predicted molar refractivity (Wildman–Crippen MR) is 149 cm³/mol. The molecule has 2 aromatic rings. The van der Waals surface area contributed by atoms with Gasteiger partial charge in [0.15, 0.2) is 0 Å². The summed E-state index contributed by atoms with van der Waals surface area (Å²) >= 11 is 0. The van der Waals surface area contributed by atoms with E-state index in [0.29, 0.717) is 18.8 Å². The van der Waals surface area contributed by atoms with Gasteiger partial charge in [-0.1, -0.05) is 6.92 Å². The van der Waals surface area contributed by atoms with E-state index < -0.39 is 35.6 Å². The van der Waals surface area contributed by atoms with Crippen molar-refractivity contribution in [2.75, 3.05) is 39.4 Å². The second-order valence-electron chi connectivity index (χ2n) is 10.6. The van der Waals surface area contributed by atoms with Crippen LogP contribution < -0.4 is 9.64 Å². The van der Waals surface area contributed by atoms with E-state index in [9.17, 15) is 27.6 Å². The van der Waals surface area contributed by atoms with E-state index in [-0.39, 0.29) is 60.4 Å². The molecule has 0 bridgehead atoms. The lowest BCUT2D eigenvalue weighted by molar-refractivity contribution is -0.139. The number of pyridine rings is 1. The minimum atomic E-state index is -4.86. The number of carbonyl (C=O) groups excluding carboxylic acids is 2. The molecular weight excluding hydrogens is 573 g/mol. The van der Waals surface area contributed by atoms with E-state index in [0.717, 1.165) is 32.2 Å². The first-order valence-electron chi connectivity index (χ1n) is 13.9. The average Bonchev–Trinajstić information content (AvgIpc) is 2.96. The van der Waals surface area contributed by atoms with Crippen LogP contribution >= 0.6 is 0 Å². The molecule has 3 rings (SSSR count). The third kappa shape index (κ3) is 8.90. The number of rotatable bonds is 13. The molecule has 1 N–H and O–H groups in total. The van der Waals surface area contributed by atoms with Crippen molar-refractivity contribution >= 4 is 23.5 Å². The number of methoxy groups -OCH3 is 3. The number of nitrogens with zero attached hydrogens (tertiary/aromatic N) is 2. The normalized spacial score (nSPS) is 17.0. The highest BCUT2D eigenvalue weighted by atomic mass is 19.4. The highest BCUT2D eigenvalue weighted by Gasteiger charge is 2.37. The fraction of sp³-hybridized carbons (Fsp3) is 0.533. The second kappa shape index (κ2) is 15.1. The van der Waals surface area contributed by atoms with E-state index in [1.165, 1.54) is 37.3 Å². The minimum absolute atomic E-state index is 0.0706. The number of anilines is 1. The summed E-state index contributed by atoms with van der Waals surface area (Å²) in [7, 11) is 4.10. The highest BCUT2D eigenvalue weighted by Crippen LogP contribution is 2.39. The number of benzene rings is 1. The molecule has 1 fully saturated rings. The van der Waals surface area contributed by atoms with Crippen LogP contribution in [0.25, 0.3) is 0 Å². The van der Waals surface area contributed by atoms with Crippen LogP contribution in [0.5, 0.6) is 11.6 Å². The Labute approximate surface area is 248 Å². The van der Waals surface area contributed by atoms with Crippen molar-refractivity contribution in [3.8, 4) is 11.6 Å². The molecule has 10 nitrogen and oxygen atoms in total. The molecule has 0 atom stereocenters. The van der Waals surface area contributed by atoms with Gasteiger partial charge in [-0.3, -0.25) is 9.59 Å². The Hall–Kier alpha value is -3.71. The first kappa shape index (κ1) is 33.8. The van der Waals surface area contributed by atoms with Crippen LogP contribution in [0, 0.1) is 11.8 Å². The monoisotopic (exact) mass is 610 g/mol. The number of ether oxygens (including phenoxy) is 4. The molecule has 1 aromatic heterocycles. The van der Waals surface area contributed by atoms with Crippen LogP contribution in [-0.2, 0) is 36.4 Å². The van der Waals surface area contributed by atoms with Crippen molar-refractivity contribution in [1.82, 2.24) is 4.98 Å². The smallest absolute Gasteiger partial charge is 0.421 e. The lowest BCUT2D eigenvalue weighted by Crippen LogP contribution is -2.49. The summed E-state index contributed by atoms with van der Waals surface area (Å²) in [5, 5.41) is 8.88. The zero-order valence-electron chi connectivity index (χ0n) is 24.6. The van der Waals surface area contributed by atoms with Crippen LogP contribution in [-0.4, -0.2) is 68.5 Å². The SMILES string of the molecule is COCC(COC)N(c1ccc(Oc2ncc(CCC(=O)O)cc2C(F)(F)F)cc1C(=O)OC)C(=O)[C@H]1CC[C@H](C)CC1. The van der Waals surface area contributed by atoms with E-state index in [2.05, 4.69) is 11.9 Å². The van der Waals surface area contributed by atoms with E-state index in [1.807, 2.05) is 0 Å². The third-order valence-corrected chi connectivity index (χ3v) is 7.37. The van der Waals surface area contributed by atoms with Gasteiger partial charge in [-0.2, -0.15) is 13.2 Å². The first-order chi connectivity index (χ1) is 20.4. The lowest BCUT2D eigenvalue weighted by Gasteiger charge is -2.36. The maximum Gasteiger partial charge on any atom is 0.421 e. The Bertz CT molecular complexity index is 1270. The van der Waals surface area contributed by atoms with E-state index in [4.69, 9.17) is 24.1 Å². The Morgan fingerprint density at radius 2 is 1.70 bits per heavy atom. The molecule has 1 saturated carbocycles. The number of aromatic nitrogens is 1. The number of aryl methyl sites for hydroxylation is 1. The summed E-state index contributed by atoms with van der Waals surface area (Å²) in [6.45, 7) is 2.32. The van der Waals surface area contributed by atoms with Crippen molar-refractivity contribution < 1.29 is 51.6 Å². The van der Waals surface area contributed by atoms with Crippen LogP contribution in [0.3, 0.4) is 0 Å². The largest absolute Gasteiger partial charge is 0.481 e. The lowest BCUT2D eigenvalue weighted by atomic mass is 9.82. The van der Waals surface area contributed by atoms with Gasteiger partial charge in [0.05, 0.1) is 37.6 Å². The minimum Gasteiger partial charge on any atom is -0.481 e. The van der Waals surface area contributed by atoms with E-state index in [1.54, 1.807) is 0 Å². The number of esters is 1. The van der Waals surface area contributed by atoms with Crippen molar-refractivity contribution in [3.63, 3.8) is 0 Å². The van der Waals surface area contributed by atoms with Gasteiger partial charge in [0.1, 0.15) is 11.3 Å². The van der Waals surface area contributed by atoms with Crippen molar-refractivity contribution in [2.24, 2.45) is 11.8 Å². The fourth-order valence-electron chi connectivity index (χ4n) is 5.12. The van der Waals surface area contributed by atoms with Gasteiger partial charge in [-0.15, -0.1) is 0 Å². The Morgan fingerprint density at radius 3 is 2.26 bits per heavy atom. The van der Waals surface area contributed by atoms with Crippen molar-refractivity contribution in [1.29, 1.82) is 0 Å². The van der Waals surface area contributed by atoms with Gasteiger partial charge in [-0.25, -0.2) is 9.78 Å². The quantitative estimate of drug-likeness (QED) is 0.292. The number of carboxylic acids is 1. The van der Waals surface area contributed by atoms with Gasteiger partial charge < -0.3 is 29.0 Å². The summed E-state index contributed by atoms with van der Waals surface area (Å²) in [5.41, 5.74) is -1.07. The molecule has 1 heterocycles. The molecule has 43 heavy (non-hydrogen) atoms. The average molecular weight is 611 g/mol. The highest BCUT2D eigenvalue weighted by molar-refractivity contribution is 6.04. The molecule has 0 spiro atoms. The summed E-state index contributed by atoms with van der Waals surface area (Å²) in [5.74, 6) is -2.96. The molecule has 0 radical (unpaired) electrons. The number of hydrogen-bond donors (Lipinski definition) is 1. The molecule has 236 valence electrons. The maximum absolute atomic E-state index is 14.0. The van der Waals surface area contributed by atoms with Crippen LogP contribution in [0.1, 0.15) is 60.5 Å². The molecule has 0 saturated heterocycles. The number of halogens is 3. The standard InChI is InChI=1S/C30H37F3N2O8/c1-18-5-8-20(9-6-18)28(38)35(21(16-40-2)17-41-3)25-11-10-22(14-23(25)29(39)42-4)43-27-24(30(31,32)33)13-19(15-34-27)7-12-26(36)37/h10-11,13-15,18,20-21H,5-9,12,16-17H2,1-4H3,(H,36,37)/t18-,20-. The topological polar surface area (TPSA) is 124 Å². The van der Waals surface area contributed by atoms with Crippen LogP contribution in [0.4, 0.5) is 18.9 Å². The van der Waals surface area contributed by atoms with Crippen LogP contribution in [0.2, 0.25) is 0 Å². The van der Waals surface area contributed by atoms with Gasteiger partial charge in [0.2, 0.25) is 11.8 Å². The first-order valence-corrected chi connectivity index (χ1v) is 13.9. The number of aliphatic carboxylic acids is 1. The number of carbonyl (C=O) groups is 3. The number of hydrogen-bond acceptors (Lipinski definition) is 8. The summed E-state index contributed by atoms with van der Waals surface area (Å²) in [6, 6.07) is 4.11. The number of alkyl halides is 3. The molecule has 1 aliphatic rings. The summed E-state index contributed by atoms with van der Waals surface area (Å²) in [4.78, 5) is 43.1. The van der Waals surface area contributed by atoms with Gasteiger partial charge in [0, 0.05) is 32.8 Å². The van der Waals surface area contributed by atoms with Gasteiger partial charge in [-0.05, 0) is 67.9 Å². The Kier molecular flexibility index (Phi) is 11.9. The summed E-state index contributed by atoms with van der Waals surface area (Å²) in [6.07, 6.45) is -1.17. The Balaban J connectivity index is 2.06. The molecule has 0 unspecified atom stereocenters. The van der Waals surface area contributed by atoms with Gasteiger partial charge in [0.25, 0.3) is 0 Å². The maximum atomic E-state index is 14.0. The zero-order valence-corrected chi connectivity index (χ0v) is 24.6. The zero-order chi connectivity index (χ0) is 31.7. The molecule has 13 heteroatoms. The Morgan fingerprint density at radius 1 is 1.05 bits per heavy atom. The fourth-order valence-corrected chi connectivity index (χ4v) is 5.12.